The van der Waals surface area contributed by atoms with Gasteiger partial charge in [-0.2, -0.15) is 5.26 Å². The standard InChI is InChI=1S/C25H30N2O3/c1-16(23(28)25-12-18-8-19(13-25)10-20(9-18)14-25)30-24(29)21(15-26)11-17-4-6-22(7-5-17)27(2)3/h4-7,11,16,18-20H,8-10,12-14H2,1-3H3. The molecule has 1 unspecified atom stereocenters. The summed E-state index contributed by atoms with van der Waals surface area (Å²) in [6, 6.07) is 9.48. The monoisotopic (exact) mass is 406 g/mol. The zero-order valence-electron chi connectivity index (χ0n) is 18.1. The second-order valence-corrected chi connectivity index (χ2v) is 9.77. The molecule has 0 aromatic heterocycles. The quantitative estimate of drug-likeness (QED) is 0.398. The van der Waals surface area contributed by atoms with E-state index in [4.69, 9.17) is 4.74 Å². The number of rotatable bonds is 6. The van der Waals surface area contributed by atoms with E-state index >= 15 is 0 Å². The van der Waals surface area contributed by atoms with Gasteiger partial charge in [0.25, 0.3) is 0 Å². The minimum atomic E-state index is -0.818. The highest BCUT2D eigenvalue weighted by molar-refractivity contribution is 6.00. The number of nitrogens with zero attached hydrogens (tertiary/aromatic N) is 2. The molecule has 5 heteroatoms. The fourth-order valence-corrected chi connectivity index (χ4v) is 6.29. The normalized spacial score (nSPS) is 30.5. The molecular formula is C25H30N2O3. The van der Waals surface area contributed by atoms with Gasteiger partial charge < -0.3 is 9.64 Å². The minimum absolute atomic E-state index is 0.0579. The predicted molar refractivity (Wildman–Crippen MR) is 116 cm³/mol. The molecule has 0 saturated heterocycles. The van der Waals surface area contributed by atoms with Crippen molar-refractivity contribution < 1.29 is 14.3 Å². The molecule has 4 bridgehead atoms. The van der Waals surface area contributed by atoms with Gasteiger partial charge in [0.2, 0.25) is 0 Å². The number of Topliss-reactive ketones (excluding diaryl/α,β-unsaturated/α-hetero) is 1. The van der Waals surface area contributed by atoms with Crippen LogP contribution in [0.2, 0.25) is 0 Å². The average molecular weight is 407 g/mol. The molecule has 4 aliphatic carbocycles. The molecule has 4 aliphatic rings. The van der Waals surface area contributed by atoms with E-state index in [1.807, 2.05) is 49.3 Å². The molecular weight excluding hydrogens is 376 g/mol. The molecule has 1 aromatic rings. The maximum absolute atomic E-state index is 13.3. The zero-order chi connectivity index (χ0) is 21.5. The van der Waals surface area contributed by atoms with Crippen LogP contribution in [0.25, 0.3) is 6.08 Å². The van der Waals surface area contributed by atoms with Crippen LogP contribution in [-0.2, 0) is 14.3 Å². The number of hydrogen-bond acceptors (Lipinski definition) is 5. The van der Waals surface area contributed by atoms with E-state index in [1.165, 1.54) is 25.3 Å². The first kappa shape index (κ1) is 20.7. The second-order valence-electron chi connectivity index (χ2n) is 9.77. The van der Waals surface area contributed by atoms with E-state index < -0.39 is 12.1 Å². The summed E-state index contributed by atoms with van der Waals surface area (Å²) in [6.45, 7) is 1.67. The molecule has 5 nitrogen and oxygen atoms in total. The van der Waals surface area contributed by atoms with Crippen molar-refractivity contribution in [3.63, 3.8) is 0 Å². The first-order chi connectivity index (χ1) is 14.3. The molecule has 4 fully saturated rings. The minimum Gasteiger partial charge on any atom is -0.451 e. The fraction of sp³-hybridized carbons (Fsp3) is 0.560. The first-order valence-corrected chi connectivity index (χ1v) is 10.9. The molecule has 0 amide bonds. The number of nitriles is 1. The van der Waals surface area contributed by atoms with Crippen LogP contribution in [0.4, 0.5) is 5.69 Å². The highest BCUT2D eigenvalue weighted by Crippen LogP contribution is 2.60. The Morgan fingerprint density at radius 1 is 1.10 bits per heavy atom. The third-order valence-corrected chi connectivity index (χ3v) is 7.27. The fourth-order valence-electron chi connectivity index (χ4n) is 6.29. The van der Waals surface area contributed by atoms with Gasteiger partial charge in [-0.15, -0.1) is 0 Å². The van der Waals surface area contributed by atoms with Crippen molar-refractivity contribution in [2.24, 2.45) is 23.2 Å². The zero-order valence-corrected chi connectivity index (χ0v) is 18.1. The molecule has 0 N–H and O–H groups in total. The highest BCUT2D eigenvalue weighted by Gasteiger charge is 2.55. The number of esters is 1. The van der Waals surface area contributed by atoms with Crippen molar-refractivity contribution in [2.45, 2.75) is 51.6 Å². The third kappa shape index (κ3) is 3.88. The summed E-state index contributed by atoms with van der Waals surface area (Å²) in [4.78, 5) is 27.9. The van der Waals surface area contributed by atoms with E-state index in [1.54, 1.807) is 6.92 Å². The summed E-state index contributed by atoms with van der Waals surface area (Å²) in [5.41, 5.74) is 1.38. The number of ketones is 1. The summed E-state index contributed by atoms with van der Waals surface area (Å²) in [5, 5.41) is 9.47. The Balaban J connectivity index is 1.44. The molecule has 1 aromatic carbocycles. The molecule has 5 rings (SSSR count). The number of benzene rings is 1. The van der Waals surface area contributed by atoms with Crippen LogP contribution in [0.5, 0.6) is 0 Å². The lowest BCUT2D eigenvalue weighted by molar-refractivity contribution is -0.162. The van der Waals surface area contributed by atoms with Crippen LogP contribution in [0.15, 0.2) is 29.8 Å². The SMILES string of the molecule is CC(OC(=O)C(C#N)=Cc1ccc(N(C)C)cc1)C(=O)C12CC3CC(CC(C3)C1)C2. The predicted octanol–water partition coefficient (Wildman–Crippen LogP) is 4.38. The molecule has 0 aliphatic heterocycles. The molecule has 30 heavy (non-hydrogen) atoms. The Kier molecular flexibility index (Phi) is 5.44. The van der Waals surface area contributed by atoms with Gasteiger partial charge in [0.05, 0.1) is 0 Å². The Hall–Kier alpha value is -2.61. The van der Waals surface area contributed by atoms with E-state index in [9.17, 15) is 14.9 Å². The van der Waals surface area contributed by atoms with Crippen LogP contribution < -0.4 is 4.90 Å². The van der Waals surface area contributed by atoms with E-state index in [2.05, 4.69) is 0 Å². The van der Waals surface area contributed by atoms with Gasteiger partial charge in [-0.1, -0.05) is 12.1 Å². The molecule has 4 saturated carbocycles. The number of hydrogen-bond donors (Lipinski definition) is 0. The van der Waals surface area contributed by atoms with Gasteiger partial charge in [0, 0.05) is 25.2 Å². The smallest absolute Gasteiger partial charge is 0.349 e. The van der Waals surface area contributed by atoms with E-state index in [-0.39, 0.29) is 16.8 Å². The van der Waals surface area contributed by atoms with Crippen LogP contribution in [-0.4, -0.2) is 32.0 Å². The maximum Gasteiger partial charge on any atom is 0.349 e. The van der Waals surface area contributed by atoms with Gasteiger partial charge in [0.15, 0.2) is 11.9 Å². The number of carbonyl (C=O) groups excluding carboxylic acids is 2. The maximum atomic E-state index is 13.3. The highest BCUT2D eigenvalue weighted by atomic mass is 16.5. The van der Waals surface area contributed by atoms with Crippen LogP contribution in [0.3, 0.4) is 0 Å². The second kappa shape index (κ2) is 7.91. The summed E-state index contributed by atoms with van der Waals surface area (Å²) >= 11 is 0. The largest absolute Gasteiger partial charge is 0.451 e. The summed E-state index contributed by atoms with van der Waals surface area (Å²) in [6.07, 6.45) is 7.31. The number of anilines is 1. The van der Waals surface area contributed by atoms with Crippen LogP contribution in [0, 0.1) is 34.5 Å². The van der Waals surface area contributed by atoms with Gasteiger partial charge >= 0.3 is 5.97 Å². The van der Waals surface area contributed by atoms with Gasteiger partial charge in [-0.05, 0) is 87.0 Å². The average Bonchev–Trinajstić information content (AvgIpc) is 2.70. The lowest BCUT2D eigenvalue weighted by Crippen LogP contribution is -2.52. The van der Waals surface area contributed by atoms with Crippen molar-refractivity contribution in [3.8, 4) is 6.07 Å². The Labute approximate surface area is 178 Å². The van der Waals surface area contributed by atoms with E-state index in [0.717, 1.165) is 30.5 Å². The van der Waals surface area contributed by atoms with Gasteiger partial charge in [-0.3, -0.25) is 4.79 Å². The molecule has 0 heterocycles. The lowest BCUT2D eigenvalue weighted by atomic mass is 9.48. The Morgan fingerprint density at radius 3 is 2.10 bits per heavy atom. The summed E-state index contributed by atoms with van der Waals surface area (Å²) in [5.74, 6) is 1.30. The molecule has 0 radical (unpaired) electrons. The molecule has 1 atom stereocenters. The number of carbonyl (C=O) groups is 2. The Bertz CT molecular complexity index is 872. The molecule has 0 spiro atoms. The van der Waals surface area contributed by atoms with Crippen molar-refractivity contribution in [2.75, 3.05) is 19.0 Å². The molecule has 158 valence electrons. The van der Waals surface area contributed by atoms with Crippen molar-refractivity contribution in [1.29, 1.82) is 5.26 Å². The van der Waals surface area contributed by atoms with Crippen molar-refractivity contribution >= 4 is 23.5 Å². The first-order valence-electron chi connectivity index (χ1n) is 10.9. The topological polar surface area (TPSA) is 70.4 Å². The van der Waals surface area contributed by atoms with Crippen LogP contribution >= 0.6 is 0 Å². The van der Waals surface area contributed by atoms with Crippen LogP contribution in [0.1, 0.15) is 51.0 Å². The summed E-state index contributed by atoms with van der Waals surface area (Å²) in [7, 11) is 3.90. The van der Waals surface area contributed by atoms with Crippen molar-refractivity contribution in [1.82, 2.24) is 0 Å². The third-order valence-electron chi connectivity index (χ3n) is 7.27. The van der Waals surface area contributed by atoms with Gasteiger partial charge in [-0.25, -0.2) is 4.79 Å². The number of ether oxygens (including phenoxy) is 1. The van der Waals surface area contributed by atoms with Crippen molar-refractivity contribution in [3.05, 3.63) is 35.4 Å². The van der Waals surface area contributed by atoms with Gasteiger partial charge in [0.1, 0.15) is 11.6 Å². The summed E-state index contributed by atoms with van der Waals surface area (Å²) < 4.78 is 5.50. The lowest BCUT2D eigenvalue weighted by Gasteiger charge is -2.56. The van der Waals surface area contributed by atoms with E-state index in [0.29, 0.717) is 17.8 Å². The Morgan fingerprint density at radius 2 is 1.63 bits per heavy atom.